The standard InChI is InChI=1S/C14H25N5O/c1-8(2)13-17-12(15)10(5)14(18-13)19(6)7-11(20)16-9(3)4/h8-9H,7H2,1-6H3,(H,16,20)(H2,15,17,18). The molecule has 112 valence electrons. The summed E-state index contributed by atoms with van der Waals surface area (Å²) in [6.45, 7) is 10.0. The van der Waals surface area contributed by atoms with Gasteiger partial charge in [-0.3, -0.25) is 4.79 Å². The molecule has 6 heteroatoms. The minimum absolute atomic E-state index is 0.0369. The van der Waals surface area contributed by atoms with Crippen molar-refractivity contribution in [1.29, 1.82) is 0 Å². The molecule has 1 heterocycles. The normalized spacial score (nSPS) is 11.0. The van der Waals surface area contributed by atoms with Crippen LogP contribution < -0.4 is 16.0 Å². The molecule has 0 unspecified atom stereocenters. The van der Waals surface area contributed by atoms with Gasteiger partial charge in [0.25, 0.3) is 0 Å². The molecule has 3 N–H and O–H groups in total. The highest BCUT2D eigenvalue weighted by atomic mass is 16.2. The molecule has 1 rings (SSSR count). The van der Waals surface area contributed by atoms with E-state index in [9.17, 15) is 4.79 Å². The van der Waals surface area contributed by atoms with E-state index in [1.54, 1.807) is 4.90 Å². The number of carbonyl (C=O) groups excluding carboxylic acids is 1. The van der Waals surface area contributed by atoms with Crippen LogP contribution in [0.5, 0.6) is 0 Å². The van der Waals surface area contributed by atoms with E-state index in [-0.39, 0.29) is 24.4 Å². The fourth-order valence-corrected chi connectivity index (χ4v) is 1.83. The number of nitrogens with one attached hydrogen (secondary N) is 1. The summed E-state index contributed by atoms with van der Waals surface area (Å²) in [6, 6.07) is 0.124. The van der Waals surface area contributed by atoms with E-state index in [4.69, 9.17) is 5.73 Å². The number of aromatic nitrogens is 2. The summed E-state index contributed by atoms with van der Waals surface area (Å²) in [5, 5.41) is 2.86. The largest absolute Gasteiger partial charge is 0.383 e. The van der Waals surface area contributed by atoms with Gasteiger partial charge in [0.15, 0.2) is 0 Å². The van der Waals surface area contributed by atoms with E-state index >= 15 is 0 Å². The molecular weight excluding hydrogens is 254 g/mol. The van der Waals surface area contributed by atoms with Crippen LogP contribution in [-0.2, 0) is 4.79 Å². The summed E-state index contributed by atoms with van der Waals surface area (Å²) in [6.07, 6.45) is 0. The van der Waals surface area contributed by atoms with Crippen LogP contribution in [-0.4, -0.2) is 35.5 Å². The molecule has 0 atom stereocenters. The molecule has 0 aliphatic carbocycles. The van der Waals surface area contributed by atoms with Crippen LogP contribution in [0, 0.1) is 6.92 Å². The minimum atomic E-state index is -0.0369. The molecule has 0 radical (unpaired) electrons. The van der Waals surface area contributed by atoms with Crippen molar-refractivity contribution in [3.63, 3.8) is 0 Å². The Bertz CT molecular complexity index is 485. The lowest BCUT2D eigenvalue weighted by Gasteiger charge is -2.22. The van der Waals surface area contributed by atoms with Crippen molar-refractivity contribution in [3.05, 3.63) is 11.4 Å². The highest BCUT2D eigenvalue weighted by Gasteiger charge is 2.16. The highest BCUT2D eigenvalue weighted by molar-refractivity contribution is 5.81. The molecule has 0 aromatic carbocycles. The lowest BCUT2D eigenvalue weighted by Crippen LogP contribution is -2.39. The Morgan fingerprint density at radius 3 is 2.40 bits per heavy atom. The zero-order chi connectivity index (χ0) is 15.4. The van der Waals surface area contributed by atoms with Crippen molar-refractivity contribution in [2.24, 2.45) is 0 Å². The lowest BCUT2D eigenvalue weighted by atomic mass is 10.2. The van der Waals surface area contributed by atoms with Gasteiger partial charge in [-0.15, -0.1) is 0 Å². The molecule has 6 nitrogen and oxygen atoms in total. The smallest absolute Gasteiger partial charge is 0.239 e. The van der Waals surface area contributed by atoms with Gasteiger partial charge in [0, 0.05) is 24.6 Å². The number of amides is 1. The van der Waals surface area contributed by atoms with Crippen LogP contribution in [0.15, 0.2) is 0 Å². The van der Waals surface area contributed by atoms with Gasteiger partial charge in [-0.1, -0.05) is 13.8 Å². The summed E-state index contributed by atoms with van der Waals surface area (Å²) < 4.78 is 0. The quantitative estimate of drug-likeness (QED) is 0.852. The first-order chi connectivity index (χ1) is 9.22. The molecule has 1 amide bonds. The van der Waals surface area contributed by atoms with Gasteiger partial charge in [-0.2, -0.15) is 0 Å². The number of nitrogen functional groups attached to an aromatic ring is 1. The van der Waals surface area contributed by atoms with Crippen molar-refractivity contribution in [3.8, 4) is 0 Å². The van der Waals surface area contributed by atoms with Gasteiger partial charge in [0.1, 0.15) is 17.5 Å². The number of rotatable bonds is 5. The van der Waals surface area contributed by atoms with Crippen LogP contribution in [0.1, 0.15) is 45.0 Å². The first-order valence-corrected chi connectivity index (χ1v) is 6.86. The maximum Gasteiger partial charge on any atom is 0.239 e. The van der Waals surface area contributed by atoms with Gasteiger partial charge in [-0.05, 0) is 20.8 Å². The van der Waals surface area contributed by atoms with Gasteiger partial charge < -0.3 is 16.0 Å². The molecule has 1 aromatic heterocycles. The Morgan fingerprint density at radius 1 is 1.30 bits per heavy atom. The van der Waals surface area contributed by atoms with E-state index in [0.717, 1.165) is 5.56 Å². The fraction of sp³-hybridized carbons (Fsp3) is 0.643. The van der Waals surface area contributed by atoms with Crippen molar-refractivity contribution in [2.45, 2.75) is 46.6 Å². The van der Waals surface area contributed by atoms with E-state index < -0.39 is 0 Å². The summed E-state index contributed by atoms with van der Waals surface area (Å²) >= 11 is 0. The van der Waals surface area contributed by atoms with Gasteiger partial charge >= 0.3 is 0 Å². The first-order valence-electron chi connectivity index (χ1n) is 6.86. The molecule has 0 saturated heterocycles. The zero-order valence-electron chi connectivity index (χ0n) is 13.2. The predicted octanol–water partition coefficient (Wildman–Crippen LogP) is 1.45. The number of nitrogens with two attached hydrogens (primary N) is 1. The number of hydrogen-bond acceptors (Lipinski definition) is 5. The van der Waals surface area contributed by atoms with Gasteiger partial charge in [0.05, 0.1) is 6.54 Å². The van der Waals surface area contributed by atoms with Crippen LogP contribution in [0.2, 0.25) is 0 Å². The van der Waals surface area contributed by atoms with E-state index in [2.05, 4.69) is 15.3 Å². The Balaban J connectivity index is 2.97. The number of likely N-dealkylation sites (N-methyl/N-ethyl adjacent to an activating group) is 1. The topological polar surface area (TPSA) is 84.1 Å². The molecule has 0 spiro atoms. The van der Waals surface area contributed by atoms with Crippen molar-refractivity contribution >= 4 is 17.5 Å². The Morgan fingerprint density at radius 2 is 1.90 bits per heavy atom. The SMILES string of the molecule is Cc1c(N)nc(C(C)C)nc1N(C)CC(=O)NC(C)C. The molecule has 0 saturated carbocycles. The first kappa shape index (κ1) is 16.2. The molecule has 0 aliphatic rings. The zero-order valence-corrected chi connectivity index (χ0v) is 13.2. The Hall–Kier alpha value is -1.85. The average Bonchev–Trinajstić information content (AvgIpc) is 2.30. The molecule has 0 fully saturated rings. The third-order valence-corrected chi connectivity index (χ3v) is 2.88. The Kier molecular flexibility index (Phi) is 5.30. The van der Waals surface area contributed by atoms with E-state index in [1.807, 2.05) is 41.7 Å². The lowest BCUT2D eigenvalue weighted by molar-refractivity contribution is -0.120. The second-order valence-electron chi connectivity index (χ2n) is 5.65. The van der Waals surface area contributed by atoms with Crippen molar-refractivity contribution in [2.75, 3.05) is 24.2 Å². The fourth-order valence-electron chi connectivity index (χ4n) is 1.83. The summed E-state index contributed by atoms with van der Waals surface area (Å²) in [5.41, 5.74) is 6.73. The summed E-state index contributed by atoms with van der Waals surface area (Å²) in [4.78, 5) is 22.4. The predicted molar refractivity (Wildman–Crippen MR) is 81.8 cm³/mol. The summed E-state index contributed by atoms with van der Waals surface area (Å²) in [5.74, 6) is 2.02. The van der Waals surface area contributed by atoms with E-state index in [0.29, 0.717) is 17.5 Å². The molecule has 1 aromatic rings. The second kappa shape index (κ2) is 6.54. The third kappa shape index (κ3) is 4.08. The molecule has 0 aliphatic heterocycles. The second-order valence-corrected chi connectivity index (χ2v) is 5.65. The Labute approximate surface area is 120 Å². The maximum atomic E-state index is 11.8. The molecule has 0 bridgehead atoms. The van der Waals surface area contributed by atoms with Crippen molar-refractivity contribution in [1.82, 2.24) is 15.3 Å². The van der Waals surface area contributed by atoms with Gasteiger partial charge in [-0.25, -0.2) is 9.97 Å². The van der Waals surface area contributed by atoms with Crippen LogP contribution >= 0.6 is 0 Å². The number of nitrogens with zero attached hydrogens (tertiary/aromatic N) is 3. The minimum Gasteiger partial charge on any atom is -0.383 e. The van der Waals surface area contributed by atoms with E-state index in [1.165, 1.54) is 0 Å². The number of hydrogen-bond donors (Lipinski definition) is 2. The third-order valence-electron chi connectivity index (χ3n) is 2.88. The number of carbonyl (C=O) groups is 1. The van der Waals surface area contributed by atoms with Crippen LogP contribution in [0.25, 0.3) is 0 Å². The van der Waals surface area contributed by atoms with Gasteiger partial charge in [0.2, 0.25) is 5.91 Å². The number of anilines is 2. The molecule has 20 heavy (non-hydrogen) atoms. The monoisotopic (exact) mass is 279 g/mol. The van der Waals surface area contributed by atoms with Crippen molar-refractivity contribution < 1.29 is 4.79 Å². The highest BCUT2D eigenvalue weighted by Crippen LogP contribution is 2.23. The van der Waals surface area contributed by atoms with Crippen LogP contribution in [0.4, 0.5) is 11.6 Å². The maximum absolute atomic E-state index is 11.8. The van der Waals surface area contributed by atoms with Crippen LogP contribution in [0.3, 0.4) is 0 Å². The molecular formula is C14H25N5O. The average molecular weight is 279 g/mol. The summed E-state index contributed by atoms with van der Waals surface area (Å²) in [7, 11) is 1.83.